The lowest BCUT2D eigenvalue weighted by molar-refractivity contribution is -0.136. The highest BCUT2D eigenvalue weighted by Crippen LogP contribution is 2.29. The average molecular weight is 289 g/mol. The van der Waals surface area contributed by atoms with Gasteiger partial charge in [0.15, 0.2) is 0 Å². The summed E-state index contributed by atoms with van der Waals surface area (Å²) in [7, 11) is 1.70. The van der Waals surface area contributed by atoms with Gasteiger partial charge in [-0.3, -0.25) is 4.68 Å². The number of alkyl halides is 3. The van der Waals surface area contributed by atoms with Crippen LogP contribution < -0.4 is 5.32 Å². The zero-order valence-electron chi connectivity index (χ0n) is 11.8. The minimum absolute atomic E-state index is 0.0935. The van der Waals surface area contributed by atoms with E-state index in [1.165, 1.54) is 12.8 Å². The fourth-order valence-corrected chi connectivity index (χ4v) is 2.80. The zero-order valence-corrected chi connectivity index (χ0v) is 11.8. The van der Waals surface area contributed by atoms with Gasteiger partial charge < -0.3 is 5.32 Å². The smallest absolute Gasteiger partial charge is 0.317 e. The van der Waals surface area contributed by atoms with Crippen LogP contribution >= 0.6 is 0 Å². The zero-order chi connectivity index (χ0) is 14.6. The van der Waals surface area contributed by atoms with Gasteiger partial charge in [0.1, 0.15) is 0 Å². The van der Waals surface area contributed by atoms with E-state index >= 15 is 0 Å². The van der Waals surface area contributed by atoms with Crippen molar-refractivity contribution in [1.29, 1.82) is 0 Å². The van der Waals surface area contributed by atoms with Gasteiger partial charge >= 0.3 is 6.18 Å². The Labute approximate surface area is 117 Å². The van der Waals surface area contributed by atoms with E-state index in [-0.39, 0.29) is 12.5 Å². The fourth-order valence-electron chi connectivity index (χ4n) is 2.80. The van der Waals surface area contributed by atoms with Crippen LogP contribution in [0.4, 0.5) is 13.2 Å². The molecule has 1 unspecified atom stereocenters. The van der Waals surface area contributed by atoms with Crippen molar-refractivity contribution in [3.63, 3.8) is 0 Å². The fraction of sp³-hybridized carbons (Fsp3) is 0.786. The van der Waals surface area contributed by atoms with Crippen molar-refractivity contribution in [3.05, 3.63) is 18.0 Å². The van der Waals surface area contributed by atoms with Gasteiger partial charge in [-0.1, -0.05) is 12.8 Å². The molecule has 1 aromatic heterocycles. The molecule has 1 saturated carbocycles. The summed E-state index contributed by atoms with van der Waals surface area (Å²) in [4.78, 5) is 0. The molecule has 0 radical (unpaired) electrons. The highest BCUT2D eigenvalue weighted by atomic mass is 19.4. The van der Waals surface area contributed by atoms with Crippen molar-refractivity contribution in [2.75, 3.05) is 7.05 Å². The highest BCUT2D eigenvalue weighted by Gasteiger charge is 2.28. The molecule has 1 atom stereocenters. The summed E-state index contributed by atoms with van der Waals surface area (Å²) >= 11 is 0. The van der Waals surface area contributed by atoms with Crippen molar-refractivity contribution in [3.8, 4) is 0 Å². The Morgan fingerprint density at radius 3 is 2.70 bits per heavy atom. The Morgan fingerprint density at radius 2 is 2.10 bits per heavy atom. The first-order valence-corrected chi connectivity index (χ1v) is 7.26. The number of halogens is 3. The van der Waals surface area contributed by atoms with Gasteiger partial charge in [-0.15, -0.1) is 0 Å². The minimum atomic E-state index is -4.09. The van der Waals surface area contributed by atoms with Gasteiger partial charge in [0.25, 0.3) is 0 Å². The van der Waals surface area contributed by atoms with E-state index in [4.69, 9.17) is 0 Å². The maximum Gasteiger partial charge on any atom is 0.389 e. The summed E-state index contributed by atoms with van der Waals surface area (Å²) in [6.07, 6.45) is 2.56. The first-order valence-electron chi connectivity index (χ1n) is 7.26. The number of hydrogen-bond acceptors (Lipinski definition) is 2. The highest BCUT2D eigenvalue weighted by molar-refractivity contribution is 5.02. The summed E-state index contributed by atoms with van der Waals surface area (Å²) in [6, 6.07) is 2.23. The van der Waals surface area contributed by atoms with Crippen LogP contribution in [0.1, 0.15) is 50.3 Å². The Bertz CT molecular complexity index is 408. The number of rotatable bonds is 6. The van der Waals surface area contributed by atoms with Gasteiger partial charge in [-0.05, 0) is 32.4 Å². The molecule has 0 aliphatic heterocycles. The Hall–Kier alpha value is -1.04. The Morgan fingerprint density at radius 1 is 1.40 bits per heavy atom. The van der Waals surface area contributed by atoms with Crippen molar-refractivity contribution in [2.45, 2.75) is 63.2 Å². The van der Waals surface area contributed by atoms with Gasteiger partial charge in [0.05, 0.1) is 11.7 Å². The lowest BCUT2D eigenvalue weighted by atomic mass is 10.1. The van der Waals surface area contributed by atoms with Gasteiger partial charge in [0.2, 0.25) is 0 Å². The lowest BCUT2D eigenvalue weighted by Crippen LogP contribution is -2.29. The molecule has 6 heteroatoms. The predicted molar refractivity (Wildman–Crippen MR) is 71.6 cm³/mol. The quantitative estimate of drug-likeness (QED) is 0.869. The maximum atomic E-state index is 12.3. The molecule has 1 heterocycles. The van der Waals surface area contributed by atoms with E-state index in [0.29, 0.717) is 12.5 Å². The average Bonchev–Trinajstić information content (AvgIpc) is 3.03. The molecule has 1 fully saturated rings. The number of nitrogens with one attached hydrogen (secondary N) is 1. The summed E-state index contributed by atoms with van der Waals surface area (Å²) in [6.45, 7) is 0. The van der Waals surface area contributed by atoms with Crippen molar-refractivity contribution >= 4 is 0 Å². The van der Waals surface area contributed by atoms with Crippen LogP contribution in [0.5, 0.6) is 0 Å². The largest absolute Gasteiger partial charge is 0.389 e. The molecule has 3 nitrogen and oxygen atoms in total. The van der Waals surface area contributed by atoms with Crippen LogP contribution in [0.15, 0.2) is 12.3 Å². The third kappa shape index (κ3) is 4.51. The molecule has 0 bridgehead atoms. The monoisotopic (exact) mass is 289 g/mol. The van der Waals surface area contributed by atoms with E-state index < -0.39 is 12.6 Å². The first kappa shape index (κ1) is 15.4. The van der Waals surface area contributed by atoms with Crippen LogP contribution in [-0.4, -0.2) is 29.0 Å². The van der Waals surface area contributed by atoms with Crippen LogP contribution in [0, 0.1) is 0 Å². The molecule has 2 rings (SSSR count). The standard InChI is InChI=1S/C14H22F3N3/c1-18-11(6-8-14(15,16)17)10-12-7-9-20(19-12)13-4-2-3-5-13/h7,9,11,13,18H,2-6,8,10H2,1H3. The summed E-state index contributed by atoms with van der Waals surface area (Å²) in [5.41, 5.74) is 0.874. The molecule has 0 aromatic carbocycles. The summed E-state index contributed by atoms with van der Waals surface area (Å²) in [5, 5.41) is 7.47. The molecule has 20 heavy (non-hydrogen) atoms. The van der Waals surface area contributed by atoms with E-state index in [0.717, 1.165) is 18.5 Å². The third-order valence-corrected chi connectivity index (χ3v) is 4.00. The molecular formula is C14H22F3N3. The molecule has 1 aromatic rings. The van der Waals surface area contributed by atoms with Gasteiger partial charge in [0, 0.05) is 25.1 Å². The molecule has 0 saturated heterocycles. The predicted octanol–water partition coefficient (Wildman–Crippen LogP) is 3.47. The number of nitrogens with zero attached hydrogens (tertiary/aromatic N) is 2. The number of hydrogen-bond donors (Lipinski definition) is 1. The van der Waals surface area contributed by atoms with Crippen LogP contribution in [0.3, 0.4) is 0 Å². The second-order valence-corrected chi connectivity index (χ2v) is 5.57. The van der Waals surface area contributed by atoms with E-state index in [9.17, 15) is 13.2 Å². The molecular weight excluding hydrogens is 267 g/mol. The minimum Gasteiger partial charge on any atom is -0.317 e. The van der Waals surface area contributed by atoms with E-state index in [2.05, 4.69) is 10.4 Å². The molecule has 1 aliphatic carbocycles. The molecule has 1 aliphatic rings. The topological polar surface area (TPSA) is 29.9 Å². The molecule has 0 amide bonds. The second-order valence-electron chi connectivity index (χ2n) is 5.57. The summed E-state index contributed by atoms with van der Waals surface area (Å²) in [5.74, 6) is 0. The van der Waals surface area contributed by atoms with Gasteiger partial charge in [-0.25, -0.2) is 0 Å². The van der Waals surface area contributed by atoms with Crippen molar-refractivity contribution in [1.82, 2.24) is 15.1 Å². The van der Waals surface area contributed by atoms with E-state index in [1.54, 1.807) is 7.05 Å². The van der Waals surface area contributed by atoms with Crippen molar-refractivity contribution in [2.24, 2.45) is 0 Å². The normalized spacial score (nSPS) is 18.6. The van der Waals surface area contributed by atoms with Crippen molar-refractivity contribution < 1.29 is 13.2 Å². The lowest BCUT2D eigenvalue weighted by Gasteiger charge is -2.16. The van der Waals surface area contributed by atoms with E-state index in [1.807, 2.05) is 16.9 Å². The van der Waals surface area contributed by atoms with Crippen LogP contribution in [0.25, 0.3) is 0 Å². The van der Waals surface area contributed by atoms with Crippen LogP contribution in [0.2, 0.25) is 0 Å². The second kappa shape index (κ2) is 6.61. The first-order chi connectivity index (χ1) is 9.48. The third-order valence-electron chi connectivity index (χ3n) is 4.00. The SMILES string of the molecule is CNC(CCC(F)(F)F)Cc1ccn(C2CCCC2)n1. The summed E-state index contributed by atoms with van der Waals surface area (Å²) < 4.78 is 38.7. The molecule has 0 spiro atoms. The Kier molecular flexibility index (Phi) is 5.07. The molecule has 114 valence electrons. The Balaban J connectivity index is 1.87. The van der Waals surface area contributed by atoms with Gasteiger partial charge in [-0.2, -0.15) is 18.3 Å². The van der Waals surface area contributed by atoms with Crippen LogP contribution in [-0.2, 0) is 6.42 Å². The molecule has 1 N–H and O–H groups in total. The number of likely N-dealkylation sites (N-methyl/N-ethyl adjacent to an activating group) is 1. The maximum absolute atomic E-state index is 12.3. The number of aromatic nitrogens is 2.